The Labute approximate surface area is 297 Å². The van der Waals surface area contributed by atoms with Gasteiger partial charge >= 0.3 is 0 Å². The van der Waals surface area contributed by atoms with E-state index in [0.29, 0.717) is 4.47 Å². The molecule has 4 aromatic carbocycles. The third kappa shape index (κ3) is 15.0. The van der Waals surface area contributed by atoms with Crippen molar-refractivity contribution in [2.24, 2.45) is 0 Å². The highest BCUT2D eigenvalue weighted by atomic mass is 79.9. The smallest absolute Gasteiger partial charge is 0.141 e. The highest BCUT2D eigenvalue weighted by Gasteiger charge is 2.16. The molecule has 4 aromatic rings. The van der Waals surface area contributed by atoms with Gasteiger partial charge in [0.25, 0.3) is 0 Å². The van der Waals surface area contributed by atoms with Gasteiger partial charge in [0.15, 0.2) is 0 Å². The van der Waals surface area contributed by atoms with Crippen molar-refractivity contribution in [2.75, 3.05) is 0 Å². The Balaban J connectivity index is 0.000000314. The number of hydrogen-bond acceptors (Lipinski definition) is 0. The van der Waals surface area contributed by atoms with Gasteiger partial charge < -0.3 is 0 Å². The topological polar surface area (TPSA) is 0 Å². The minimum Gasteiger partial charge on any atom is -0.207 e. The Morgan fingerprint density at radius 3 is 1.15 bits per heavy atom. The number of hydrogen-bond donors (Lipinski definition) is 0. The van der Waals surface area contributed by atoms with Crippen LogP contribution in [0.4, 0.5) is 13.2 Å². The van der Waals surface area contributed by atoms with Crippen LogP contribution in [0.2, 0.25) is 5.02 Å². The molecule has 258 valence electrons. The fourth-order valence-corrected chi connectivity index (χ4v) is 4.65. The molecule has 0 atom stereocenters. The Bertz CT molecular complexity index is 1420. The van der Waals surface area contributed by atoms with Crippen LogP contribution in [0.5, 0.6) is 0 Å². The zero-order valence-electron chi connectivity index (χ0n) is 30.9. The van der Waals surface area contributed by atoms with Crippen molar-refractivity contribution in [3.8, 4) is 0 Å². The minimum absolute atomic E-state index is 0.0251. The molecule has 47 heavy (non-hydrogen) atoms. The van der Waals surface area contributed by atoms with Gasteiger partial charge in [-0.15, -0.1) is 0 Å². The first-order valence-electron chi connectivity index (χ1n) is 16.0. The first-order valence-corrected chi connectivity index (χ1v) is 17.2. The van der Waals surface area contributed by atoms with E-state index in [0.717, 1.165) is 16.7 Å². The van der Waals surface area contributed by atoms with Gasteiger partial charge in [-0.25, -0.2) is 13.2 Å². The zero-order chi connectivity index (χ0) is 36.5. The second-order valence-electron chi connectivity index (χ2n) is 16.1. The molecule has 0 unspecified atom stereocenters. The first kappa shape index (κ1) is 42.5. The van der Waals surface area contributed by atoms with Gasteiger partial charge in [-0.05, 0) is 110 Å². The van der Waals surface area contributed by atoms with Crippen LogP contribution in [-0.2, 0) is 21.7 Å². The van der Waals surface area contributed by atoms with E-state index in [9.17, 15) is 13.2 Å². The van der Waals surface area contributed by atoms with Crippen molar-refractivity contribution < 1.29 is 13.2 Å². The predicted octanol–water partition coefficient (Wildman–Crippen LogP) is 14.4. The van der Waals surface area contributed by atoms with E-state index in [2.05, 4.69) is 130 Å². The molecule has 0 saturated carbocycles. The van der Waals surface area contributed by atoms with Gasteiger partial charge in [-0.2, -0.15) is 0 Å². The second-order valence-corrected chi connectivity index (χ2v) is 17.3. The summed E-state index contributed by atoms with van der Waals surface area (Å²) >= 11 is 8.81. The van der Waals surface area contributed by atoms with E-state index in [1.54, 1.807) is 19.1 Å². The standard InChI is InChI=1S/C11H15F.C11H16.C10H12BrF.C10H12ClF/c1-8-7-9(11(2,3)4)5-6-10(8)12;1-9-5-7-10(8-6-9)11(2,3)4;2*1-10(2,3)7-4-5-9(12)8(11)6-7/h5-7H,1-4H3;5-8H,1-4H3;2*4-6H,1-3H3. The molecule has 0 amide bonds. The lowest BCUT2D eigenvalue weighted by Crippen LogP contribution is -2.11. The van der Waals surface area contributed by atoms with Crippen molar-refractivity contribution in [3.05, 3.63) is 139 Å². The highest BCUT2D eigenvalue weighted by Crippen LogP contribution is 2.28. The molecular weight excluding hydrogens is 677 g/mol. The van der Waals surface area contributed by atoms with Gasteiger partial charge in [0.05, 0.1) is 9.50 Å². The van der Waals surface area contributed by atoms with Crippen molar-refractivity contribution in [3.63, 3.8) is 0 Å². The Hall–Kier alpha value is -2.56. The van der Waals surface area contributed by atoms with E-state index in [4.69, 9.17) is 11.6 Å². The second kappa shape index (κ2) is 17.2. The van der Waals surface area contributed by atoms with Crippen LogP contribution in [0.1, 0.15) is 116 Å². The van der Waals surface area contributed by atoms with Crippen LogP contribution < -0.4 is 0 Å². The maximum atomic E-state index is 12.9. The Kier molecular flexibility index (Phi) is 15.5. The summed E-state index contributed by atoms with van der Waals surface area (Å²) in [6, 6.07) is 24.0. The summed E-state index contributed by atoms with van der Waals surface area (Å²) in [6.07, 6.45) is 0. The molecular formula is C42H55BrClF3. The maximum absolute atomic E-state index is 12.9. The summed E-state index contributed by atoms with van der Waals surface area (Å²) in [5.74, 6) is -0.685. The average Bonchev–Trinajstić information content (AvgIpc) is 2.92. The summed E-state index contributed by atoms with van der Waals surface area (Å²) in [5, 5.41) is 0.197. The van der Waals surface area contributed by atoms with Crippen molar-refractivity contribution in [1.82, 2.24) is 0 Å². The van der Waals surface area contributed by atoms with E-state index in [1.165, 1.54) is 34.9 Å². The number of aryl methyl sites for hydroxylation is 2. The van der Waals surface area contributed by atoms with E-state index in [-0.39, 0.29) is 44.1 Å². The quantitative estimate of drug-likeness (QED) is 0.169. The van der Waals surface area contributed by atoms with Crippen LogP contribution in [0.3, 0.4) is 0 Å². The van der Waals surface area contributed by atoms with Crippen molar-refractivity contribution in [1.29, 1.82) is 0 Å². The van der Waals surface area contributed by atoms with Gasteiger partial charge in [0.2, 0.25) is 0 Å². The third-order valence-corrected chi connectivity index (χ3v) is 8.41. The summed E-state index contributed by atoms with van der Waals surface area (Å²) in [7, 11) is 0. The van der Waals surface area contributed by atoms with Gasteiger partial charge in [0.1, 0.15) is 17.5 Å². The summed E-state index contributed by atoms with van der Waals surface area (Å²) in [5.41, 5.74) is 7.33. The molecule has 0 aliphatic rings. The zero-order valence-corrected chi connectivity index (χ0v) is 33.2. The lowest BCUT2D eigenvalue weighted by atomic mass is 9.86. The molecule has 0 bridgehead atoms. The van der Waals surface area contributed by atoms with Crippen LogP contribution in [0.15, 0.2) is 83.3 Å². The third-order valence-electron chi connectivity index (χ3n) is 7.51. The molecule has 0 heterocycles. The normalized spacial score (nSPS) is 11.7. The summed E-state index contributed by atoms with van der Waals surface area (Å²) < 4.78 is 39.0. The minimum atomic E-state index is -0.357. The van der Waals surface area contributed by atoms with Gasteiger partial charge in [-0.1, -0.05) is 149 Å². The Morgan fingerprint density at radius 2 is 0.787 bits per heavy atom. The lowest BCUT2D eigenvalue weighted by molar-refractivity contribution is 0.579. The fourth-order valence-electron chi connectivity index (χ4n) is 4.09. The van der Waals surface area contributed by atoms with E-state index < -0.39 is 0 Å². The predicted molar refractivity (Wildman–Crippen MR) is 203 cm³/mol. The van der Waals surface area contributed by atoms with E-state index >= 15 is 0 Å². The fraction of sp³-hybridized carbons (Fsp3) is 0.429. The maximum Gasteiger partial charge on any atom is 0.141 e. The first-order chi connectivity index (χ1) is 21.2. The molecule has 0 saturated heterocycles. The largest absolute Gasteiger partial charge is 0.207 e. The van der Waals surface area contributed by atoms with Crippen LogP contribution >= 0.6 is 27.5 Å². The molecule has 0 nitrogen and oxygen atoms in total. The molecule has 4 rings (SSSR count). The Morgan fingerprint density at radius 1 is 0.447 bits per heavy atom. The average molecular weight is 732 g/mol. The number of halogens is 5. The van der Waals surface area contributed by atoms with E-state index in [1.807, 2.05) is 24.3 Å². The summed E-state index contributed by atoms with van der Waals surface area (Å²) in [6.45, 7) is 29.5. The molecule has 0 radical (unpaired) electrons. The van der Waals surface area contributed by atoms with Crippen LogP contribution in [0, 0.1) is 31.3 Å². The monoisotopic (exact) mass is 730 g/mol. The molecule has 0 fully saturated rings. The van der Waals surface area contributed by atoms with Crippen molar-refractivity contribution in [2.45, 2.75) is 119 Å². The molecule has 5 heteroatoms. The SMILES string of the molecule is CC(C)(C)c1ccc(F)c(Br)c1.CC(C)(C)c1ccc(F)c(Cl)c1.Cc1cc(C(C)(C)C)ccc1F.Cc1ccc(C(C)(C)C)cc1. The number of rotatable bonds is 0. The molecule has 0 aromatic heterocycles. The molecule has 0 aliphatic carbocycles. The van der Waals surface area contributed by atoms with Crippen molar-refractivity contribution >= 4 is 27.5 Å². The van der Waals surface area contributed by atoms with Gasteiger partial charge in [-0.3, -0.25) is 0 Å². The highest BCUT2D eigenvalue weighted by molar-refractivity contribution is 9.10. The van der Waals surface area contributed by atoms with Crippen LogP contribution in [-0.4, -0.2) is 0 Å². The molecule has 0 spiro atoms. The number of benzene rings is 4. The summed E-state index contributed by atoms with van der Waals surface area (Å²) in [4.78, 5) is 0. The molecule has 0 aliphatic heterocycles. The molecule has 0 N–H and O–H groups in total. The lowest BCUT2D eigenvalue weighted by Gasteiger charge is -2.19. The van der Waals surface area contributed by atoms with Gasteiger partial charge in [0, 0.05) is 0 Å². The van der Waals surface area contributed by atoms with Crippen LogP contribution in [0.25, 0.3) is 0 Å².